The molecule has 0 spiro atoms. The molecule has 0 unspecified atom stereocenters. The van der Waals surface area contributed by atoms with Gasteiger partial charge in [-0.1, -0.05) is 30.0 Å². The lowest BCUT2D eigenvalue weighted by Gasteiger charge is -2.25. The van der Waals surface area contributed by atoms with E-state index >= 15 is 0 Å². The van der Waals surface area contributed by atoms with E-state index in [-0.39, 0.29) is 34.6 Å². The fourth-order valence-electron chi connectivity index (χ4n) is 2.97. The van der Waals surface area contributed by atoms with Crippen LogP contribution in [0.25, 0.3) is 0 Å². The molecule has 0 aliphatic carbocycles. The Bertz CT molecular complexity index is 999. The fraction of sp³-hybridized carbons (Fsp3) is 0.190. The van der Waals surface area contributed by atoms with Gasteiger partial charge in [0, 0.05) is 18.0 Å². The highest BCUT2D eigenvalue weighted by Gasteiger charge is 2.31. The zero-order chi connectivity index (χ0) is 20.8. The van der Waals surface area contributed by atoms with Crippen LogP contribution in [-0.2, 0) is 9.59 Å². The van der Waals surface area contributed by atoms with Crippen molar-refractivity contribution in [3.8, 4) is 11.8 Å². The number of carbonyl (C=O) groups excluding carboxylic acids is 2. The van der Waals surface area contributed by atoms with Gasteiger partial charge >= 0.3 is 0 Å². The molecular formula is C21H18FN3O3S. The number of carbonyl (C=O) groups is 2. The quantitative estimate of drug-likeness (QED) is 0.759. The zero-order valence-electron chi connectivity index (χ0n) is 15.6. The smallest absolute Gasteiger partial charge is 0.234 e. The van der Waals surface area contributed by atoms with Crippen LogP contribution >= 0.6 is 11.8 Å². The third kappa shape index (κ3) is 4.95. The summed E-state index contributed by atoms with van der Waals surface area (Å²) in [5.41, 5.74) is 1.14. The summed E-state index contributed by atoms with van der Waals surface area (Å²) in [7, 11) is 1.55. The molecule has 0 fully saturated rings. The van der Waals surface area contributed by atoms with Gasteiger partial charge in [0.25, 0.3) is 0 Å². The van der Waals surface area contributed by atoms with Gasteiger partial charge in [-0.25, -0.2) is 4.39 Å². The van der Waals surface area contributed by atoms with Gasteiger partial charge < -0.3 is 15.4 Å². The number of hydrogen-bond acceptors (Lipinski definition) is 5. The van der Waals surface area contributed by atoms with E-state index in [1.165, 1.54) is 6.07 Å². The lowest BCUT2D eigenvalue weighted by molar-refractivity contribution is -0.121. The number of methoxy groups -OCH3 is 1. The number of nitriles is 1. The SMILES string of the molecule is COc1ccc(NC(=O)CSC2=C(C#N)[C@H](c3ccccc3F)CC(=O)N2)cc1. The van der Waals surface area contributed by atoms with E-state index in [0.29, 0.717) is 17.0 Å². The number of anilines is 1. The molecule has 2 aromatic rings. The van der Waals surface area contributed by atoms with E-state index in [4.69, 9.17) is 4.74 Å². The van der Waals surface area contributed by atoms with E-state index in [1.54, 1.807) is 49.6 Å². The average molecular weight is 411 g/mol. The number of ether oxygens (including phenoxy) is 1. The molecular weight excluding hydrogens is 393 g/mol. The van der Waals surface area contributed by atoms with Crippen molar-refractivity contribution in [1.29, 1.82) is 5.26 Å². The second-order valence-corrected chi connectivity index (χ2v) is 7.23. The summed E-state index contributed by atoms with van der Waals surface area (Å²) >= 11 is 1.04. The number of amides is 2. The van der Waals surface area contributed by atoms with Crippen LogP contribution < -0.4 is 15.4 Å². The summed E-state index contributed by atoms with van der Waals surface area (Å²) in [5.74, 6) is -1.12. The molecule has 0 saturated carbocycles. The molecule has 1 aliphatic heterocycles. The number of nitrogens with zero attached hydrogens (tertiary/aromatic N) is 1. The highest BCUT2D eigenvalue weighted by molar-refractivity contribution is 8.03. The summed E-state index contributed by atoms with van der Waals surface area (Å²) in [4.78, 5) is 24.4. The highest BCUT2D eigenvalue weighted by Crippen LogP contribution is 2.36. The summed E-state index contributed by atoms with van der Waals surface area (Å²) < 4.78 is 19.3. The Kier molecular flexibility index (Phi) is 6.52. The number of thioether (sulfide) groups is 1. The molecule has 0 saturated heterocycles. The van der Waals surface area contributed by atoms with Crippen LogP contribution in [0.15, 0.2) is 59.1 Å². The fourth-order valence-corrected chi connectivity index (χ4v) is 3.84. The summed E-state index contributed by atoms with van der Waals surface area (Å²) in [6.45, 7) is 0. The van der Waals surface area contributed by atoms with Crippen LogP contribution in [0, 0.1) is 17.1 Å². The number of halogens is 1. The van der Waals surface area contributed by atoms with Gasteiger partial charge in [0.15, 0.2) is 0 Å². The van der Waals surface area contributed by atoms with Crippen molar-refractivity contribution < 1.29 is 18.7 Å². The van der Waals surface area contributed by atoms with Crippen molar-refractivity contribution in [1.82, 2.24) is 5.32 Å². The Morgan fingerprint density at radius 1 is 1.31 bits per heavy atom. The molecule has 148 valence electrons. The third-order valence-corrected chi connectivity index (χ3v) is 5.38. The maximum atomic E-state index is 14.2. The number of benzene rings is 2. The first kappa shape index (κ1) is 20.4. The molecule has 29 heavy (non-hydrogen) atoms. The number of allylic oxidation sites excluding steroid dienone is 1. The topological polar surface area (TPSA) is 91.2 Å². The molecule has 0 bridgehead atoms. The molecule has 0 radical (unpaired) electrons. The zero-order valence-corrected chi connectivity index (χ0v) is 16.4. The van der Waals surface area contributed by atoms with Gasteiger partial charge in [0.05, 0.1) is 29.5 Å². The normalized spacial score (nSPS) is 16.0. The maximum absolute atomic E-state index is 14.2. The molecule has 1 aliphatic rings. The van der Waals surface area contributed by atoms with Crippen LogP contribution in [-0.4, -0.2) is 24.7 Å². The van der Waals surface area contributed by atoms with Gasteiger partial charge in [0.1, 0.15) is 11.6 Å². The van der Waals surface area contributed by atoms with Gasteiger partial charge in [-0.2, -0.15) is 5.26 Å². The lowest BCUT2D eigenvalue weighted by Crippen LogP contribution is -2.31. The largest absolute Gasteiger partial charge is 0.497 e. The molecule has 6 nitrogen and oxygen atoms in total. The molecule has 1 atom stereocenters. The second kappa shape index (κ2) is 9.26. The predicted octanol–water partition coefficient (Wildman–Crippen LogP) is 3.54. The minimum atomic E-state index is -0.679. The molecule has 2 N–H and O–H groups in total. The van der Waals surface area contributed by atoms with E-state index < -0.39 is 11.7 Å². The average Bonchev–Trinajstić information content (AvgIpc) is 2.72. The van der Waals surface area contributed by atoms with Gasteiger partial charge in [-0.15, -0.1) is 0 Å². The molecule has 2 aromatic carbocycles. The summed E-state index contributed by atoms with van der Waals surface area (Å²) in [5, 5.41) is 15.3. The number of hydrogen-bond donors (Lipinski definition) is 2. The van der Waals surface area contributed by atoms with E-state index in [1.807, 2.05) is 0 Å². The summed E-state index contributed by atoms with van der Waals surface area (Å²) in [6.07, 6.45) is -0.0219. The van der Waals surface area contributed by atoms with Crippen molar-refractivity contribution >= 4 is 29.3 Å². The third-order valence-electron chi connectivity index (χ3n) is 4.36. The molecule has 1 heterocycles. The lowest BCUT2D eigenvalue weighted by atomic mass is 9.87. The monoisotopic (exact) mass is 411 g/mol. The Hall–Kier alpha value is -3.31. The first-order valence-corrected chi connectivity index (χ1v) is 9.75. The number of rotatable bonds is 6. The van der Waals surface area contributed by atoms with Crippen LogP contribution in [0.1, 0.15) is 17.9 Å². The molecule has 3 rings (SSSR count). The van der Waals surface area contributed by atoms with Crippen LogP contribution in [0.4, 0.5) is 10.1 Å². The van der Waals surface area contributed by atoms with E-state index in [9.17, 15) is 19.2 Å². The number of nitrogens with one attached hydrogen (secondary N) is 2. The first-order valence-electron chi connectivity index (χ1n) is 8.77. The van der Waals surface area contributed by atoms with Crippen molar-refractivity contribution in [2.45, 2.75) is 12.3 Å². The Morgan fingerprint density at radius 3 is 2.69 bits per heavy atom. The highest BCUT2D eigenvalue weighted by atomic mass is 32.2. The van der Waals surface area contributed by atoms with Crippen molar-refractivity contribution in [2.24, 2.45) is 0 Å². The van der Waals surface area contributed by atoms with Crippen molar-refractivity contribution in [2.75, 3.05) is 18.2 Å². The van der Waals surface area contributed by atoms with Crippen LogP contribution in [0.5, 0.6) is 5.75 Å². The van der Waals surface area contributed by atoms with E-state index in [2.05, 4.69) is 16.7 Å². The second-order valence-electron chi connectivity index (χ2n) is 6.25. The Labute approximate surface area is 171 Å². The minimum Gasteiger partial charge on any atom is -0.497 e. The minimum absolute atomic E-state index is 0.0170. The van der Waals surface area contributed by atoms with Gasteiger partial charge in [-0.05, 0) is 35.9 Å². The maximum Gasteiger partial charge on any atom is 0.234 e. The Morgan fingerprint density at radius 2 is 2.03 bits per heavy atom. The summed E-state index contributed by atoms with van der Waals surface area (Å²) in [6, 6.07) is 15.0. The Balaban J connectivity index is 1.73. The standard InChI is InChI=1S/C21H18FN3O3S/c1-28-14-8-6-13(7-9-14)24-20(27)12-29-21-17(11-23)16(10-19(26)25-21)15-4-2-3-5-18(15)22/h2-9,16H,10,12H2,1H3,(H,24,27)(H,25,26)/t16-/m0/s1. The van der Waals surface area contributed by atoms with E-state index in [0.717, 1.165) is 11.8 Å². The molecule has 2 amide bonds. The van der Waals surface area contributed by atoms with Crippen molar-refractivity contribution in [3.63, 3.8) is 0 Å². The van der Waals surface area contributed by atoms with Crippen molar-refractivity contribution in [3.05, 3.63) is 70.5 Å². The molecule has 8 heteroatoms. The van der Waals surface area contributed by atoms with Gasteiger partial charge in [0.2, 0.25) is 11.8 Å². The predicted molar refractivity (Wildman–Crippen MR) is 109 cm³/mol. The van der Waals surface area contributed by atoms with Crippen LogP contribution in [0.3, 0.4) is 0 Å². The van der Waals surface area contributed by atoms with Gasteiger partial charge in [-0.3, -0.25) is 9.59 Å². The van der Waals surface area contributed by atoms with Crippen LogP contribution in [0.2, 0.25) is 0 Å². The first-order chi connectivity index (χ1) is 14.0. The molecule has 0 aromatic heterocycles.